The molecule has 2 aromatic carbocycles. The molecule has 0 heterocycles. The van der Waals surface area contributed by atoms with Crippen LogP contribution in [0.25, 0.3) is 0 Å². The molecule has 0 spiro atoms. The van der Waals surface area contributed by atoms with Gasteiger partial charge in [-0.1, -0.05) is 105 Å². The number of unbranched alkanes of at least 4 members (excludes halogenated alkanes) is 1. The zero-order valence-corrected chi connectivity index (χ0v) is 22.3. The molecule has 0 radical (unpaired) electrons. The van der Waals surface area contributed by atoms with E-state index in [2.05, 4.69) is 26.8 Å². The highest BCUT2D eigenvalue weighted by Crippen LogP contribution is 2.26. The molecule has 0 saturated heterocycles. The van der Waals surface area contributed by atoms with Crippen molar-refractivity contribution in [2.24, 2.45) is 5.92 Å². The average Bonchev–Trinajstić information content (AvgIpc) is 2.86. The van der Waals surface area contributed by atoms with Gasteiger partial charge in [0.1, 0.15) is 6.10 Å². The molecule has 194 valence electrons. The molecule has 2 aromatic rings. The van der Waals surface area contributed by atoms with Crippen molar-refractivity contribution in [2.45, 2.75) is 84.8 Å². The van der Waals surface area contributed by atoms with E-state index in [0.29, 0.717) is 12.4 Å². The second kappa shape index (κ2) is 16.5. The lowest BCUT2D eigenvalue weighted by Crippen LogP contribution is -2.11. The number of hydrogen-bond donors (Lipinski definition) is 0. The first-order chi connectivity index (χ1) is 17.4. The molecule has 4 heteroatoms. The van der Waals surface area contributed by atoms with Crippen molar-refractivity contribution in [3.05, 3.63) is 95.1 Å². The van der Waals surface area contributed by atoms with Crippen LogP contribution < -0.4 is 0 Å². The SMILES string of the molecule is CCC[C@H](CCCC[C@@H](C)C/C(C)=C/C(C)=C/C(=O)OC(c1ccccc1)c1ccccc1)OC=O. The van der Waals surface area contributed by atoms with E-state index in [9.17, 15) is 9.59 Å². The first-order valence-corrected chi connectivity index (χ1v) is 13.2. The van der Waals surface area contributed by atoms with Gasteiger partial charge >= 0.3 is 5.97 Å². The van der Waals surface area contributed by atoms with E-state index in [4.69, 9.17) is 9.47 Å². The zero-order valence-electron chi connectivity index (χ0n) is 22.3. The number of carbonyl (C=O) groups is 2. The summed E-state index contributed by atoms with van der Waals surface area (Å²) in [6, 6.07) is 19.6. The average molecular weight is 491 g/mol. The van der Waals surface area contributed by atoms with Gasteiger partial charge in [-0.3, -0.25) is 4.79 Å². The van der Waals surface area contributed by atoms with Crippen LogP contribution in [0.3, 0.4) is 0 Å². The summed E-state index contributed by atoms with van der Waals surface area (Å²) in [4.78, 5) is 23.4. The highest BCUT2D eigenvalue weighted by Gasteiger charge is 2.18. The van der Waals surface area contributed by atoms with Crippen molar-refractivity contribution in [3.63, 3.8) is 0 Å². The Bertz CT molecular complexity index is 923. The van der Waals surface area contributed by atoms with E-state index in [1.807, 2.05) is 67.6 Å². The molecule has 0 N–H and O–H groups in total. The Balaban J connectivity index is 1.88. The first-order valence-electron chi connectivity index (χ1n) is 13.2. The van der Waals surface area contributed by atoms with Gasteiger partial charge in [0.25, 0.3) is 6.47 Å². The van der Waals surface area contributed by atoms with E-state index in [0.717, 1.165) is 61.6 Å². The highest BCUT2D eigenvalue weighted by molar-refractivity contribution is 5.83. The Hall–Kier alpha value is -3.14. The number of esters is 1. The van der Waals surface area contributed by atoms with Crippen LogP contribution in [0.4, 0.5) is 0 Å². The monoisotopic (exact) mass is 490 g/mol. The fraction of sp³-hybridized carbons (Fsp3) is 0.438. The standard InChI is InChI=1S/C32H42O4/c1-5-14-30(35-24-33)20-13-12-15-25(2)21-26(3)22-27(4)23-31(34)36-32(28-16-8-6-9-17-28)29-18-10-7-11-19-29/h6-11,16-19,22-25,30,32H,5,12-15,20-21H2,1-4H3/b26-22+,27-23+/t25-,30-/m1/s1. The van der Waals surface area contributed by atoms with Gasteiger partial charge in [-0.2, -0.15) is 0 Å². The maximum atomic E-state index is 12.8. The second-order valence-corrected chi connectivity index (χ2v) is 9.75. The molecule has 0 aromatic heterocycles. The molecule has 2 atom stereocenters. The van der Waals surface area contributed by atoms with Gasteiger partial charge < -0.3 is 9.47 Å². The van der Waals surface area contributed by atoms with Crippen LogP contribution in [0.2, 0.25) is 0 Å². The summed E-state index contributed by atoms with van der Waals surface area (Å²) in [5.41, 5.74) is 4.03. The summed E-state index contributed by atoms with van der Waals surface area (Å²) in [7, 11) is 0. The van der Waals surface area contributed by atoms with Crippen molar-refractivity contribution in [3.8, 4) is 0 Å². The summed E-state index contributed by atoms with van der Waals surface area (Å²) in [6.45, 7) is 9.01. The molecular formula is C32H42O4. The maximum absolute atomic E-state index is 12.8. The minimum atomic E-state index is -0.442. The summed E-state index contributed by atoms with van der Waals surface area (Å²) in [5, 5.41) is 0. The first kappa shape index (κ1) is 29.1. The summed E-state index contributed by atoms with van der Waals surface area (Å²) >= 11 is 0. The molecule has 0 amide bonds. The third-order valence-corrected chi connectivity index (χ3v) is 6.26. The van der Waals surface area contributed by atoms with Crippen molar-refractivity contribution >= 4 is 12.4 Å². The predicted octanol–water partition coefficient (Wildman–Crippen LogP) is 8.14. The molecule has 0 aliphatic carbocycles. The number of allylic oxidation sites excluding steroid dienone is 3. The number of benzene rings is 2. The Labute approximate surface area is 217 Å². The van der Waals surface area contributed by atoms with Crippen molar-refractivity contribution in [2.75, 3.05) is 0 Å². The topological polar surface area (TPSA) is 52.6 Å². The van der Waals surface area contributed by atoms with Crippen molar-refractivity contribution in [1.82, 2.24) is 0 Å². The van der Waals surface area contributed by atoms with E-state index in [1.165, 1.54) is 5.57 Å². The van der Waals surface area contributed by atoms with Gasteiger partial charge in [0.15, 0.2) is 6.10 Å². The van der Waals surface area contributed by atoms with Gasteiger partial charge in [0, 0.05) is 6.08 Å². The Kier molecular flexibility index (Phi) is 13.3. The molecule has 2 rings (SSSR count). The van der Waals surface area contributed by atoms with Gasteiger partial charge in [0.2, 0.25) is 0 Å². The third kappa shape index (κ3) is 11.1. The minimum absolute atomic E-state index is 0.0559. The van der Waals surface area contributed by atoms with Crippen LogP contribution in [-0.4, -0.2) is 18.5 Å². The fourth-order valence-electron chi connectivity index (χ4n) is 4.61. The van der Waals surface area contributed by atoms with E-state index < -0.39 is 6.10 Å². The third-order valence-electron chi connectivity index (χ3n) is 6.26. The predicted molar refractivity (Wildman–Crippen MR) is 146 cm³/mol. The van der Waals surface area contributed by atoms with Crippen LogP contribution in [0.5, 0.6) is 0 Å². The van der Waals surface area contributed by atoms with Gasteiger partial charge in [-0.25, -0.2) is 4.79 Å². The summed E-state index contributed by atoms with van der Waals surface area (Å²) in [5.74, 6) is 0.208. The van der Waals surface area contributed by atoms with E-state index in [-0.39, 0.29) is 12.1 Å². The summed E-state index contributed by atoms with van der Waals surface area (Å²) in [6.07, 6.45) is 10.5. The van der Waals surface area contributed by atoms with Crippen molar-refractivity contribution < 1.29 is 19.1 Å². The lowest BCUT2D eigenvalue weighted by Gasteiger charge is -2.18. The quantitative estimate of drug-likeness (QED) is 0.0783. The second-order valence-electron chi connectivity index (χ2n) is 9.75. The molecule has 4 nitrogen and oxygen atoms in total. The van der Waals surface area contributed by atoms with Gasteiger partial charge in [-0.15, -0.1) is 0 Å². The van der Waals surface area contributed by atoms with Crippen LogP contribution in [-0.2, 0) is 19.1 Å². The lowest BCUT2D eigenvalue weighted by atomic mass is 9.94. The normalized spacial score (nSPS) is 13.8. The van der Waals surface area contributed by atoms with Crippen LogP contribution >= 0.6 is 0 Å². The molecule has 0 aliphatic heterocycles. The number of ether oxygens (including phenoxy) is 2. The molecule has 0 bridgehead atoms. The number of rotatable bonds is 16. The number of carbonyl (C=O) groups excluding carboxylic acids is 2. The minimum Gasteiger partial charge on any atom is -0.465 e. The van der Waals surface area contributed by atoms with E-state index >= 15 is 0 Å². The molecular weight excluding hydrogens is 448 g/mol. The Morgan fingerprint density at radius 3 is 2.00 bits per heavy atom. The van der Waals surface area contributed by atoms with Crippen LogP contribution in [0, 0.1) is 5.92 Å². The van der Waals surface area contributed by atoms with Gasteiger partial charge in [0.05, 0.1) is 0 Å². The van der Waals surface area contributed by atoms with Crippen molar-refractivity contribution in [1.29, 1.82) is 0 Å². The molecule has 0 aliphatic rings. The maximum Gasteiger partial charge on any atom is 0.331 e. The van der Waals surface area contributed by atoms with E-state index in [1.54, 1.807) is 6.08 Å². The van der Waals surface area contributed by atoms with Gasteiger partial charge in [-0.05, 0) is 62.1 Å². The molecule has 0 saturated carbocycles. The zero-order chi connectivity index (χ0) is 26.2. The lowest BCUT2D eigenvalue weighted by molar-refractivity contribution is -0.141. The molecule has 0 fully saturated rings. The largest absolute Gasteiger partial charge is 0.465 e. The number of hydrogen-bond acceptors (Lipinski definition) is 4. The molecule has 36 heavy (non-hydrogen) atoms. The van der Waals surface area contributed by atoms with Crippen LogP contribution in [0.15, 0.2) is 84.0 Å². The molecule has 0 unspecified atom stereocenters. The smallest absolute Gasteiger partial charge is 0.331 e. The summed E-state index contributed by atoms with van der Waals surface area (Å²) < 4.78 is 11.1. The Morgan fingerprint density at radius 2 is 1.44 bits per heavy atom. The fourth-order valence-corrected chi connectivity index (χ4v) is 4.61. The highest BCUT2D eigenvalue weighted by atomic mass is 16.5. The Morgan fingerprint density at radius 1 is 0.861 bits per heavy atom. The van der Waals surface area contributed by atoms with Crippen LogP contribution in [0.1, 0.15) is 89.9 Å².